The lowest BCUT2D eigenvalue weighted by Gasteiger charge is -2.40. The Bertz CT molecular complexity index is 436. The largest absolute Gasteiger partial charge is 0.366 e. The Hall–Kier alpha value is -0.720. The summed E-state index contributed by atoms with van der Waals surface area (Å²) in [6.45, 7) is 7.03. The van der Waals surface area contributed by atoms with Crippen LogP contribution >= 0.6 is 0 Å². The van der Waals surface area contributed by atoms with Crippen LogP contribution in [0.4, 0.5) is 4.39 Å². The van der Waals surface area contributed by atoms with E-state index in [4.69, 9.17) is 4.74 Å². The molecule has 3 aliphatic rings. The van der Waals surface area contributed by atoms with Gasteiger partial charge in [-0.2, -0.15) is 0 Å². The van der Waals surface area contributed by atoms with E-state index in [2.05, 4.69) is 15.1 Å². The van der Waals surface area contributed by atoms with Crippen molar-refractivity contribution in [2.45, 2.75) is 76.0 Å². The molecule has 6 heteroatoms. The lowest BCUT2D eigenvalue weighted by atomic mass is 9.88. The number of nitrogens with one attached hydrogen (secondary N) is 1. The summed E-state index contributed by atoms with van der Waals surface area (Å²) in [6, 6.07) is 0.738. The number of piperidine rings is 1. The minimum absolute atomic E-state index is 0.219. The van der Waals surface area contributed by atoms with Gasteiger partial charge >= 0.3 is 0 Å². The molecule has 3 fully saturated rings. The third kappa shape index (κ3) is 4.92. The molecular formula is C19H34FN3O2. The van der Waals surface area contributed by atoms with Crippen LogP contribution in [0.3, 0.4) is 0 Å². The van der Waals surface area contributed by atoms with E-state index in [1.165, 1.54) is 0 Å². The summed E-state index contributed by atoms with van der Waals surface area (Å²) < 4.78 is 20.6. The van der Waals surface area contributed by atoms with Gasteiger partial charge in [-0.3, -0.25) is 9.69 Å². The van der Waals surface area contributed by atoms with E-state index in [0.29, 0.717) is 32.0 Å². The zero-order chi connectivity index (χ0) is 17.7. The van der Waals surface area contributed by atoms with Gasteiger partial charge in [-0.15, -0.1) is 0 Å². The van der Waals surface area contributed by atoms with E-state index < -0.39 is 5.67 Å². The van der Waals surface area contributed by atoms with Crippen molar-refractivity contribution in [2.24, 2.45) is 0 Å². The Kier molecular flexibility index (Phi) is 6.69. The van der Waals surface area contributed by atoms with Crippen molar-refractivity contribution >= 4 is 5.91 Å². The first-order chi connectivity index (χ1) is 12.1. The summed E-state index contributed by atoms with van der Waals surface area (Å²) >= 11 is 0. The van der Waals surface area contributed by atoms with Crippen molar-refractivity contribution in [3.05, 3.63) is 0 Å². The quantitative estimate of drug-likeness (QED) is 0.794. The summed E-state index contributed by atoms with van der Waals surface area (Å²) in [4.78, 5) is 17.1. The van der Waals surface area contributed by atoms with Gasteiger partial charge in [0.15, 0.2) is 5.67 Å². The number of rotatable bonds is 6. The fourth-order valence-electron chi connectivity index (χ4n) is 4.19. The van der Waals surface area contributed by atoms with Gasteiger partial charge < -0.3 is 15.0 Å². The predicted molar refractivity (Wildman–Crippen MR) is 96.1 cm³/mol. The van der Waals surface area contributed by atoms with Crippen molar-refractivity contribution in [1.29, 1.82) is 0 Å². The maximum Gasteiger partial charge on any atom is 0.257 e. The number of alkyl halides is 1. The molecule has 25 heavy (non-hydrogen) atoms. The lowest BCUT2D eigenvalue weighted by Crippen LogP contribution is -2.55. The van der Waals surface area contributed by atoms with Crippen LogP contribution in [0, 0.1) is 0 Å². The summed E-state index contributed by atoms with van der Waals surface area (Å²) in [5, 5.41) is 2.90. The predicted octanol–water partition coefficient (Wildman–Crippen LogP) is 2.31. The number of carbonyl (C=O) groups excluding carboxylic acids is 1. The SMILES string of the molecule is CCOCN1CCCC(N2CCC(F)(C(=O)NC3CCC3)CC2)CC1. The highest BCUT2D eigenvalue weighted by molar-refractivity contribution is 5.85. The summed E-state index contributed by atoms with van der Waals surface area (Å²) in [7, 11) is 0. The number of nitrogens with zero attached hydrogens (tertiary/aromatic N) is 2. The first-order valence-electron chi connectivity index (χ1n) is 10.1. The molecule has 144 valence electrons. The highest BCUT2D eigenvalue weighted by atomic mass is 19.1. The second kappa shape index (κ2) is 8.78. The maximum absolute atomic E-state index is 15.0. The molecule has 1 atom stereocenters. The van der Waals surface area contributed by atoms with Crippen molar-refractivity contribution in [1.82, 2.24) is 15.1 Å². The van der Waals surface area contributed by atoms with Crippen molar-refractivity contribution in [3.8, 4) is 0 Å². The first kappa shape index (κ1) is 19.1. The van der Waals surface area contributed by atoms with Crippen molar-refractivity contribution < 1.29 is 13.9 Å². The minimum atomic E-state index is -1.65. The van der Waals surface area contributed by atoms with Crippen LogP contribution in [0.1, 0.15) is 58.3 Å². The fourth-order valence-corrected chi connectivity index (χ4v) is 4.19. The zero-order valence-electron chi connectivity index (χ0n) is 15.6. The van der Waals surface area contributed by atoms with Crippen LogP contribution in [0.5, 0.6) is 0 Å². The molecule has 1 N–H and O–H groups in total. The number of halogens is 1. The Labute approximate surface area is 151 Å². The molecule has 2 aliphatic heterocycles. The van der Waals surface area contributed by atoms with Crippen LogP contribution in [0.2, 0.25) is 0 Å². The van der Waals surface area contributed by atoms with Gasteiger partial charge in [-0.25, -0.2) is 4.39 Å². The number of carbonyl (C=O) groups is 1. The molecular weight excluding hydrogens is 321 g/mol. The Balaban J connectivity index is 1.44. The molecule has 0 spiro atoms. The molecule has 0 aromatic carbocycles. The molecule has 0 bridgehead atoms. The zero-order valence-corrected chi connectivity index (χ0v) is 15.6. The van der Waals surface area contributed by atoms with E-state index in [9.17, 15) is 4.79 Å². The molecule has 0 radical (unpaired) electrons. The van der Waals surface area contributed by atoms with Gasteiger partial charge in [-0.1, -0.05) is 0 Å². The molecule has 5 nitrogen and oxygen atoms in total. The average Bonchev–Trinajstić information content (AvgIpc) is 2.82. The number of ether oxygens (including phenoxy) is 1. The summed E-state index contributed by atoms with van der Waals surface area (Å²) in [5.74, 6) is -0.361. The first-order valence-corrected chi connectivity index (χ1v) is 10.1. The lowest BCUT2D eigenvalue weighted by molar-refractivity contribution is -0.138. The average molecular weight is 355 g/mol. The number of hydrogen-bond donors (Lipinski definition) is 1. The Morgan fingerprint density at radius 1 is 1.12 bits per heavy atom. The van der Waals surface area contributed by atoms with Crippen LogP contribution in [-0.2, 0) is 9.53 Å². The molecule has 2 heterocycles. The van der Waals surface area contributed by atoms with E-state index in [1.807, 2.05) is 6.92 Å². The van der Waals surface area contributed by atoms with E-state index in [1.54, 1.807) is 0 Å². The monoisotopic (exact) mass is 355 g/mol. The number of likely N-dealkylation sites (tertiary alicyclic amines) is 2. The fraction of sp³-hybridized carbons (Fsp3) is 0.947. The second-order valence-corrected chi connectivity index (χ2v) is 7.93. The Morgan fingerprint density at radius 2 is 1.88 bits per heavy atom. The van der Waals surface area contributed by atoms with Gasteiger partial charge in [0.2, 0.25) is 0 Å². The van der Waals surface area contributed by atoms with Crippen LogP contribution in [0.15, 0.2) is 0 Å². The standard InChI is InChI=1S/C19H34FN3O2/c1-2-25-15-22-11-4-7-17(8-12-22)23-13-9-19(20,10-14-23)18(24)21-16-5-3-6-16/h16-17H,2-15H2,1H3,(H,21,24). The third-order valence-corrected chi connectivity index (χ3v) is 6.22. The summed E-state index contributed by atoms with van der Waals surface area (Å²) in [6.07, 6.45) is 7.28. The number of hydrogen-bond acceptors (Lipinski definition) is 4. The van der Waals surface area contributed by atoms with Crippen molar-refractivity contribution in [2.75, 3.05) is 39.5 Å². The highest BCUT2D eigenvalue weighted by Crippen LogP contribution is 2.31. The van der Waals surface area contributed by atoms with Gasteiger partial charge in [0.25, 0.3) is 5.91 Å². The maximum atomic E-state index is 15.0. The Morgan fingerprint density at radius 3 is 2.52 bits per heavy atom. The number of amides is 1. The minimum Gasteiger partial charge on any atom is -0.366 e. The molecule has 1 amide bonds. The van der Waals surface area contributed by atoms with Crippen LogP contribution in [0.25, 0.3) is 0 Å². The van der Waals surface area contributed by atoms with E-state index >= 15 is 4.39 Å². The van der Waals surface area contributed by atoms with Gasteiger partial charge in [0, 0.05) is 57.7 Å². The molecule has 2 saturated heterocycles. The third-order valence-electron chi connectivity index (χ3n) is 6.22. The van der Waals surface area contributed by atoms with E-state index in [0.717, 1.165) is 65.0 Å². The van der Waals surface area contributed by atoms with Gasteiger partial charge in [0.1, 0.15) is 0 Å². The molecule has 1 unspecified atom stereocenters. The molecule has 1 saturated carbocycles. The topological polar surface area (TPSA) is 44.8 Å². The smallest absolute Gasteiger partial charge is 0.257 e. The van der Waals surface area contributed by atoms with Gasteiger partial charge in [0.05, 0.1) is 6.73 Å². The summed E-state index contributed by atoms with van der Waals surface area (Å²) in [5.41, 5.74) is -1.65. The van der Waals surface area contributed by atoms with E-state index in [-0.39, 0.29) is 11.9 Å². The van der Waals surface area contributed by atoms with Gasteiger partial charge in [-0.05, 0) is 45.4 Å². The molecule has 0 aromatic rings. The second-order valence-electron chi connectivity index (χ2n) is 7.93. The molecule has 1 aliphatic carbocycles. The molecule has 0 aromatic heterocycles. The normalized spacial score (nSPS) is 29.0. The van der Waals surface area contributed by atoms with Crippen molar-refractivity contribution in [3.63, 3.8) is 0 Å². The van der Waals surface area contributed by atoms with Crippen LogP contribution in [-0.4, -0.2) is 73.0 Å². The van der Waals surface area contributed by atoms with Crippen LogP contribution < -0.4 is 5.32 Å². The highest BCUT2D eigenvalue weighted by Gasteiger charge is 2.43. The molecule has 3 rings (SSSR count).